The first-order chi connectivity index (χ1) is 10.8. The number of benzene rings is 1. The van der Waals surface area contributed by atoms with E-state index in [-0.39, 0.29) is 0 Å². The van der Waals surface area contributed by atoms with Crippen LogP contribution in [-0.4, -0.2) is 27.6 Å². The molecule has 0 unspecified atom stereocenters. The second-order valence-electron chi connectivity index (χ2n) is 4.72. The molecule has 6 heteroatoms. The molecule has 0 N–H and O–H groups in total. The second-order valence-corrected chi connectivity index (χ2v) is 4.72. The molecular formula is C16H13N5O. The lowest BCUT2D eigenvalue weighted by molar-refractivity contribution is -0.107. The molecule has 3 aromatic rings. The molecule has 0 radical (unpaired) electrons. The Morgan fingerprint density at radius 2 is 2.05 bits per heavy atom. The van der Waals surface area contributed by atoms with Gasteiger partial charge in [0.25, 0.3) is 0 Å². The van der Waals surface area contributed by atoms with Crippen LogP contribution in [0.2, 0.25) is 0 Å². The zero-order valence-corrected chi connectivity index (χ0v) is 12.0. The summed E-state index contributed by atoms with van der Waals surface area (Å²) in [5, 5.41) is 13.1. The summed E-state index contributed by atoms with van der Waals surface area (Å²) < 4.78 is 1.59. The summed E-state index contributed by atoms with van der Waals surface area (Å²) in [7, 11) is 0. The van der Waals surface area contributed by atoms with Crippen LogP contribution >= 0.6 is 0 Å². The van der Waals surface area contributed by atoms with Crippen LogP contribution in [-0.2, 0) is 4.79 Å². The fraction of sp³-hybridized carbons (Fsp3) is 0.125. The minimum atomic E-state index is 0.450. The van der Waals surface area contributed by atoms with Crippen molar-refractivity contribution < 1.29 is 4.79 Å². The van der Waals surface area contributed by atoms with Crippen molar-refractivity contribution in [1.82, 2.24) is 14.6 Å². The highest BCUT2D eigenvalue weighted by Crippen LogP contribution is 2.22. The van der Waals surface area contributed by atoms with Gasteiger partial charge >= 0.3 is 0 Å². The number of carbonyl (C=O) groups is 1. The van der Waals surface area contributed by atoms with E-state index >= 15 is 0 Å². The van der Waals surface area contributed by atoms with Gasteiger partial charge in [-0.2, -0.15) is 10.4 Å². The third-order valence-corrected chi connectivity index (χ3v) is 3.48. The molecule has 0 aliphatic heterocycles. The topological polar surface area (TPSA) is 74.3 Å². The Balaban J connectivity index is 1.97. The van der Waals surface area contributed by atoms with Crippen molar-refractivity contribution in [1.29, 1.82) is 5.26 Å². The van der Waals surface area contributed by atoms with Gasteiger partial charge in [-0.05, 0) is 24.6 Å². The number of amides is 1. The summed E-state index contributed by atoms with van der Waals surface area (Å²) in [6.45, 7) is 2.55. The molecule has 2 aromatic heterocycles. The molecular weight excluding hydrogens is 278 g/mol. The molecule has 0 aliphatic carbocycles. The van der Waals surface area contributed by atoms with Crippen LogP contribution in [0.5, 0.6) is 0 Å². The first kappa shape index (κ1) is 13.8. The van der Waals surface area contributed by atoms with E-state index in [1.807, 2.05) is 37.4 Å². The van der Waals surface area contributed by atoms with Crippen LogP contribution in [0.1, 0.15) is 12.5 Å². The van der Waals surface area contributed by atoms with E-state index in [4.69, 9.17) is 5.26 Å². The van der Waals surface area contributed by atoms with Crippen molar-refractivity contribution in [2.75, 3.05) is 11.4 Å². The number of rotatable bonds is 4. The second kappa shape index (κ2) is 5.66. The lowest BCUT2D eigenvalue weighted by Gasteiger charge is -2.15. The molecule has 0 saturated heterocycles. The number of carbonyl (C=O) groups excluding carboxylic acids is 1. The van der Waals surface area contributed by atoms with E-state index in [2.05, 4.69) is 16.2 Å². The Hall–Kier alpha value is -3.20. The fourth-order valence-corrected chi connectivity index (χ4v) is 2.27. The molecule has 0 aliphatic rings. The van der Waals surface area contributed by atoms with Crippen LogP contribution in [0, 0.1) is 11.3 Å². The summed E-state index contributed by atoms with van der Waals surface area (Å²) in [4.78, 5) is 16.9. The normalized spacial score (nSPS) is 10.4. The van der Waals surface area contributed by atoms with Crippen LogP contribution in [0.15, 0.2) is 42.9 Å². The van der Waals surface area contributed by atoms with E-state index in [9.17, 15) is 4.79 Å². The molecule has 1 aromatic carbocycles. The summed E-state index contributed by atoms with van der Waals surface area (Å²) in [5.41, 5.74) is 3.70. The van der Waals surface area contributed by atoms with Gasteiger partial charge in [0.1, 0.15) is 11.6 Å². The molecule has 0 bridgehead atoms. The molecule has 3 rings (SSSR count). The van der Waals surface area contributed by atoms with E-state index in [0.29, 0.717) is 17.8 Å². The van der Waals surface area contributed by atoms with E-state index in [1.165, 1.54) is 6.20 Å². The van der Waals surface area contributed by atoms with Gasteiger partial charge in [0.2, 0.25) is 6.41 Å². The van der Waals surface area contributed by atoms with Gasteiger partial charge < -0.3 is 4.90 Å². The molecule has 0 spiro atoms. The van der Waals surface area contributed by atoms with Gasteiger partial charge in [-0.15, -0.1) is 0 Å². The van der Waals surface area contributed by atoms with Crippen LogP contribution in [0.4, 0.5) is 5.69 Å². The first-order valence-corrected chi connectivity index (χ1v) is 6.82. The minimum absolute atomic E-state index is 0.450. The third kappa shape index (κ3) is 2.29. The number of nitrogens with zero attached hydrogens (tertiary/aromatic N) is 5. The third-order valence-electron chi connectivity index (χ3n) is 3.48. The monoisotopic (exact) mass is 291 g/mol. The van der Waals surface area contributed by atoms with Crippen LogP contribution < -0.4 is 4.90 Å². The quantitative estimate of drug-likeness (QED) is 0.691. The highest BCUT2D eigenvalue weighted by molar-refractivity contribution is 5.76. The summed E-state index contributed by atoms with van der Waals surface area (Å²) >= 11 is 0. The minimum Gasteiger partial charge on any atom is -0.315 e. The van der Waals surface area contributed by atoms with Gasteiger partial charge in [0, 0.05) is 30.2 Å². The average molecular weight is 291 g/mol. The molecule has 1 amide bonds. The van der Waals surface area contributed by atoms with Gasteiger partial charge in [0.05, 0.1) is 6.20 Å². The molecule has 0 atom stereocenters. The maximum absolute atomic E-state index is 10.9. The standard InChI is InChI=1S/C16H13N5O/c1-2-20(11-22)15-5-3-12(4-6-15)14-8-18-16-13(7-17)9-19-21(16)10-14/h3-6,8-11H,2H2,1H3. The van der Waals surface area contributed by atoms with Crippen LogP contribution in [0.25, 0.3) is 16.8 Å². The van der Waals surface area contributed by atoms with E-state index < -0.39 is 0 Å². The lowest BCUT2D eigenvalue weighted by Crippen LogP contribution is -2.19. The van der Waals surface area contributed by atoms with Crippen LogP contribution in [0.3, 0.4) is 0 Å². The smallest absolute Gasteiger partial charge is 0.214 e. The predicted molar refractivity (Wildman–Crippen MR) is 82.2 cm³/mol. The van der Waals surface area contributed by atoms with Gasteiger partial charge in [-0.25, -0.2) is 9.50 Å². The van der Waals surface area contributed by atoms with Gasteiger partial charge in [-0.3, -0.25) is 4.79 Å². The van der Waals surface area contributed by atoms with Crippen molar-refractivity contribution in [3.63, 3.8) is 0 Å². The maximum Gasteiger partial charge on any atom is 0.214 e. The Kier molecular flexibility index (Phi) is 3.54. The van der Waals surface area contributed by atoms with Crippen molar-refractivity contribution in [3.05, 3.63) is 48.4 Å². The van der Waals surface area contributed by atoms with Crippen molar-refractivity contribution in [3.8, 4) is 17.2 Å². The van der Waals surface area contributed by atoms with Gasteiger partial charge in [-0.1, -0.05) is 12.1 Å². The number of nitriles is 1. The summed E-state index contributed by atoms with van der Waals surface area (Å²) in [6.07, 6.45) is 5.86. The van der Waals surface area contributed by atoms with Crippen molar-refractivity contribution in [2.24, 2.45) is 0 Å². The Morgan fingerprint density at radius 1 is 1.27 bits per heavy atom. The fourth-order valence-electron chi connectivity index (χ4n) is 2.27. The lowest BCUT2D eigenvalue weighted by atomic mass is 10.1. The molecule has 0 fully saturated rings. The molecule has 0 saturated carbocycles. The number of hydrogen-bond donors (Lipinski definition) is 0. The number of fused-ring (bicyclic) bond motifs is 1. The number of hydrogen-bond acceptors (Lipinski definition) is 4. The molecule has 22 heavy (non-hydrogen) atoms. The first-order valence-electron chi connectivity index (χ1n) is 6.82. The Morgan fingerprint density at radius 3 is 2.68 bits per heavy atom. The van der Waals surface area contributed by atoms with Crippen molar-refractivity contribution in [2.45, 2.75) is 6.92 Å². The zero-order chi connectivity index (χ0) is 15.5. The van der Waals surface area contributed by atoms with E-state index in [1.54, 1.807) is 15.6 Å². The van der Waals surface area contributed by atoms with Crippen molar-refractivity contribution >= 4 is 17.7 Å². The molecule has 6 nitrogen and oxygen atoms in total. The molecule has 2 heterocycles. The largest absolute Gasteiger partial charge is 0.315 e. The average Bonchev–Trinajstić information content (AvgIpc) is 2.99. The van der Waals surface area contributed by atoms with E-state index in [0.717, 1.165) is 23.2 Å². The Bertz CT molecular complexity index is 860. The molecule has 108 valence electrons. The summed E-state index contributed by atoms with van der Waals surface area (Å²) in [5.74, 6) is 0. The highest BCUT2D eigenvalue weighted by atomic mass is 16.1. The number of aromatic nitrogens is 3. The SMILES string of the molecule is CCN(C=O)c1ccc(-c2cnc3c(C#N)cnn3c2)cc1. The Labute approximate surface area is 127 Å². The highest BCUT2D eigenvalue weighted by Gasteiger charge is 2.07. The number of anilines is 1. The predicted octanol–water partition coefficient (Wildman–Crippen LogP) is 2.25. The van der Waals surface area contributed by atoms with Gasteiger partial charge in [0.15, 0.2) is 5.65 Å². The maximum atomic E-state index is 10.9. The summed E-state index contributed by atoms with van der Waals surface area (Å²) in [6, 6.07) is 9.70. The zero-order valence-electron chi connectivity index (χ0n) is 12.0.